The molecule has 0 aromatic heterocycles. The van der Waals surface area contributed by atoms with E-state index in [-0.39, 0.29) is 37.7 Å². The van der Waals surface area contributed by atoms with Gasteiger partial charge in [0.25, 0.3) is 0 Å². The smallest absolute Gasteiger partial charge is 0.242 e. The minimum atomic E-state index is -3.63. The van der Waals surface area contributed by atoms with Gasteiger partial charge in [-0.3, -0.25) is 13.9 Å². The highest BCUT2D eigenvalue weighted by Crippen LogP contribution is 2.35. The van der Waals surface area contributed by atoms with E-state index < -0.39 is 16.1 Å². The molecule has 1 aliphatic rings. The monoisotopic (exact) mass is 557 g/mol. The predicted molar refractivity (Wildman–Crippen MR) is 139 cm³/mol. The van der Waals surface area contributed by atoms with Crippen LogP contribution in [0.25, 0.3) is 0 Å². The van der Waals surface area contributed by atoms with Crippen molar-refractivity contribution in [3.05, 3.63) is 52.0 Å². The van der Waals surface area contributed by atoms with Gasteiger partial charge < -0.3 is 19.7 Å². The second-order valence-electron chi connectivity index (χ2n) is 8.33. The number of likely N-dealkylation sites (N-methyl/N-ethyl adjacent to an activating group) is 1. The third-order valence-electron chi connectivity index (χ3n) is 5.72. The minimum absolute atomic E-state index is 0.0270. The summed E-state index contributed by atoms with van der Waals surface area (Å²) in [6.45, 7) is 2.65. The van der Waals surface area contributed by atoms with Crippen LogP contribution in [0, 0.1) is 0 Å². The molecule has 0 spiro atoms. The number of hydrogen-bond donors (Lipinski definition) is 1. The van der Waals surface area contributed by atoms with Gasteiger partial charge in [-0.25, -0.2) is 8.42 Å². The van der Waals surface area contributed by atoms with Crippen molar-refractivity contribution < 1.29 is 27.5 Å². The van der Waals surface area contributed by atoms with Crippen LogP contribution in [0.5, 0.6) is 11.5 Å². The van der Waals surface area contributed by atoms with Gasteiger partial charge in [0.1, 0.15) is 19.3 Å². The zero-order valence-corrected chi connectivity index (χ0v) is 22.6. The van der Waals surface area contributed by atoms with E-state index in [0.717, 1.165) is 6.26 Å². The van der Waals surface area contributed by atoms with Crippen LogP contribution < -0.4 is 19.1 Å². The second kappa shape index (κ2) is 12.0. The molecular formula is C24H29Cl2N3O6S. The fourth-order valence-electron chi connectivity index (χ4n) is 3.82. The van der Waals surface area contributed by atoms with Crippen molar-refractivity contribution in [2.24, 2.45) is 0 Å². The summed E-state index contributed by atoms with van der Waals surface area (Å²) in [6.07, 6.45) is 1.37. The van der Waals surface area contributed by atoms with Crippen molar-refractivity contribution in [1.82, 2.24) is 10.2 Å². The van der Waals surface area contributed by atoms with Crippen molar-refractivity contribution in [3.63, 3.8) is 0 Å². The number of ether oxygens (including phenoxy) is 2. The molecule has 0 radical (unpaired) electrons. The fraction of sp³-hybridized carbons (Fsp3) is 0.417. The topological polar surface area (TPSA) is 105 Å². The first-order valence-electron chi connectivity index (χ1n) is 11.3. The molecule has 1 unspecified atom stereocenters. The molecule has 3 rings (SSSR count). The summed E-state index contributed by atoms with van der Waals surface area (Å²) < 4.78 is 37.4. The molecule has 1 atom stereocenters. The lowest BCUT2D eigenvalue weighted by Gasteiger charge is -2.29. The Morgan fingerprint density at radius 1 is 1.06 bits per heavy atom. The largest absolute Gasteiger partial charge is 0.486 e. The highest BCUT2D eigenvalue weighted by molar-refractivity contribution is 7.92. The number of hydrogen-bond acceptors (Lipinski definition) is 6. The molecule has 2 amide bonds. The van der Waals surface area contributed by atoms with Crippen LogP contribution in [0.15, 0.2) is 36.4 Å². The number of rotatable bonds is 10. The number of anilines is 1. The van der Waals surface area contributed by atoms with Crippen LogP contribution in [0.2, 0.25) is 10.0 Å². The molecule has 0 saturated carbocycles. The van der Waals surface area contributed by atoms with Crippen LogP contribution in [0.1, 0.15) is 25.3 Å². The lowest BCUT2D eigenvalue weighted by atomic mass is 10.1. The molecule has 9 nitrogen and oxygen atoms in total. The maximum absolute atomic E-state index is 13.2. The summed E-state index contributed by atoms with van der Waals surface area (Å²) in [5, 5.41) is 3.29. The number of nitrogens with one attached hydrogen (secondary N) is 1. The van der Waals surface area contributed by atoms with Gasteiger partial charge >= 0.3 is 0 Å². The first-order chi connectivity index (χ1) is 17.0. The van der Waals surface area contributed by atoms with Gasteiger partial charge in [0.05, 0.1) is 22.0 Å². The van der Waals surface area contributed by atoms with Crippen molar-refractivity contribution in [2.45, 2.75) is 32.4 Å². The molecule has 1 N–H and O–H groups in total. The van der Waals surface area contributed by atoms with E-state index in [9.17, 15) is 18.0 Å². The Morgan fingerprint density at radius 3 is 2.39 bits per heavy atom. The Labute approximate surface area is 221 Å². The van der Waals surface area contributed by atoms with Gasteiger partial charge in [-0.2, -0.15) is 0 Å². The third-order valence-corrected chi connectivity index (χ3v) is 7.65. The van der Waals surface area contributed by atoms with E-state index in [1.165, 1.54) is 16.3 Å². The summed E-state index contributed by atoms with van der Waals surface area (Å²) in [5.41, 5.74) is 1.13. The number of carbonyl (C=O) groups is 2. The minimum Gasteiger partial charge on any atom is -0.486 e. The molecular weight excluding hydrogens is 529 g/mol. The molecule has 1 heterocycles. The number of sulfonamides is 1. The quantitative estimate of drug-likeness (QED) is 0.479. The zero-order valence-electron chi connectivity index (χ0n) is 20.3. The van der Waals surface area contributed by atoms with Gasteiger partial charge in [0, 0.05) is 32.6 Å². The molecule has 0 fully saturated rings. The van der Waals surface area contributed by atoms with Crippen LogP contribution in [-0.4, -0.2) is 64.2 Å². The van der Waals surface area contributed by atoms with Gasteiger partial charge in [0.15, 0.2) is 11.5 Å². The zero-order chi connectivity index (χ0) is 26.5. The average Bonchev–Trinajstić information content (AvgIpc) is 2.85. The summed E-state index contributed by atoms with van der Waals surface area (Å²) in [7, 11) is -2.14. The number of fused-ring (bicyclic) bond motifs is 1. The van der Waals surface area contributed by atoms with E-state index in [1.54, 1.807) is 43.3 Å². The SMILES string of the molecule is CNC(=O)C(C)N(Cc1ccc(Cl)c(Cl)c1)C(=O)CCCN(c1ccc2c(c1)OCCO2)S(C)(=O)=O. The Bertz CT molecular complexity index is 1220. The van der Waals surface area contributed by atoms with Gasteiger partial charge in [-0.15, -0.1) is 0 Å². The van der Waals surface area contributed by atoms with E-state index in [4.69, 9.17) is 32.7 Å². The lowest BCUT2D eigenvalue weighted by Crippen LogP contribution is -2.46. The van der Waals surface area contributed by atoms with Gasteiger partial charge in [-0.1, -0.05) is 29.3 Å². The first kappa shape index (κ1) is 27.9. The molecule has 2 aromatic carbocycles. The molecule has 2 aromatic rings. The Balaban J connectivity index is 1.73. The number of amides is 2. The second-order valence-corrected chi connectivity index (χ2v) is 11.0. The Hall–Kier alpha value is -2.69. The fourth-order valence-corrected chi connectivity index (χ4v) is 5.10. The molecule has 12 heteroatoms. The number of carbonyl (C=O) groups excluding carboxylic acids is 2. The molecule has 0 saturated heterocycles. The molecule has 36 heavy (non-hydrogen) atoms. The van der Waals surface area contributed by atoms with Crippen LogP contribution in [0.3, 0.4) is 0 Å². The van der Waals surface area contributed by atoms with Crippen LogP contribution >= 0.6 is 23.2 Å². The maximum atomic E-state index is 13.2. The predicted octanol–water partition coefficient (Wildman–Crippen LogP) is 3.47. The Kier molecular flexibility index (Phi) is 9.32. The highest BCUT2D eigenvalue weighted by Gasteiger charge is 2.26. The number of benzene rings is 2. The molecule has 1 aliphatic heterocycles. The third kappa shape index (κ3) is 6.96. The van der Waals surface area contributed by atoms with Crippen molar-refractivity contribution in [1.29, 1.82) is 0 Å². The van der Waals surface area contributed by atoms with Crippen molar-refractivity contribution in [3.8, 4) is 11.5 Å². The molecule has 0 bridgehead atoms. The van der Waals surface area contributed by atoms with E-state index in [0.29, 0.717) is 46.0 Å². The van der Waals surface area contributed by atoms with Gasteiger partial charge in [-0.05, 0) is 43.2 Å². The van der Waals surface area contributed by atoms with Gasteiger partial charge in [0.2, 0.25) is 21.8 Å². The molecule has 196 valence electrons. The first-order valence-corrected chi connectivity index (χ1v) is 13.9. The van der Waals surface area contributed by atoms with E-state index >= 15 is 0 Å². The average molecular weight is 558 g/mol. The number of nitrogens with zero attached hydrogens (tertiary/aromatic N) is 2. The van der Waals surface area contributed by atoms with Crippen molar-refractivity contribution in [2.75, 3.05) is 37.4 Å². The summed E-state index contributed by atoms with van der Waals surface area (Å²) in [6, 6.07) is 9.18. The summed E-state index contributed by atoms with van der Waals surface area (Å²) in [5.74, 6) is 0.399. The van der Waals surface area contributed by atoms with Crippen LogP contribution in [0.4, 0.5) is 5.69 Å². The summed E-state index contributed by atoms with van der Waals surface area (Å²) in [4.78, 5) is 27.0. The highest BCUT2D eigenvalue weighted by atomic mass is 35.5. The lowest BCUT2D eigenvalue weighted by molar-refractivity contribution is -0.140. The molecule has 0 aliphatic carbocycles. The van der Waals surface area contributed by atoms with E-state index in [1.807, 2.05) is 0 Å². The standard InChI is InChI=1S/C24H29Cl2N3O6S/c1-16(24(31)27-2)28(15-17-6-8-19(25)20(26)13-17)23(30)5-4-10-29(36(3,32)33)18-7-9-21-22(14-18)35-12-11-34-21/h6-9,13-14,16H,4-5,10-12,15H2,1-3H3,(H,27,31). The maximum Gasteiger partial charge on any atom is 0.242 e. The van der Waals surface area contributed by atoms with Crippen molar-refractivity contribution >= 4 is 50.7 Å². The normalized spacial score (nSPS) is 13.6. The number of halogens is 2. The Morgan fingerprint density at radius 2 is 1.75 bits per heavy atom. The van der Waals surface area contributed by atoms with E-state index in [2.05, 4.69) is 5.32 Å². The van der Waals surface area contributed by atoms with Crippen LogP contribution in [-0.2, 0) is 26.2 Å². The summed E-state index contributed by atoms with van der Waals surface area (Å²) >= 11 is 12.1.